The summed E-state index contributed by atoms with van der Waals surface area (Å²) in [5, 5.41) is 3.61. The molecule has 1 aromatic carbocycles. The molecule has 1 aliphatic rings. The van der Waals surface area contributed by atoms with Gasteiger partial charge in [-0.15, -0.1) is 0 Å². The molecule has 1 heterocycles. The number of likely N-dealkylation sites (tertiary alicyclic amines) is 1. The van der Waals surface area contributed by atoms with Crippen LogP contribution in [0.5, 0.6) is 0 Å². The van der Waals surface area contributed by atoms with Gasteiger partial charge in [-0.1, -0.05) is 25.1 Å². The van der Waals surface area contributed by atoms with Crippen LogP contribution in [0.2, 0.25) is 0 Å². The molecule has 2 rings (SSSR count). The molecule has 94 valence electrons. The Labute approximate surface area is 105 Å². The van der Waals surface area contributed by atoms with E-state index in [4.69, 9.17) is 0 Å². The van der Waals surface area contributed by atoms with Gasteiger partial charge in [0, 0.05) is 18.3 Å². The highest BCUT2D eigenvalue weighted by atomic mass is 15.1. The Morgan fingerprint density at radius 3 is 2.65 bits per heavy atom. The maximum absolute atomic E-state index is 3.61. The van der Waals surface area contributed by atoms with Crippen LogP contribution in [0, 0.1) is 0 Å². The summed E-state index contributed by atoms with van der Waals surface area (Å²) in [7, 11) is 0. The zero-order valence-electron chi connectivity index (χ0n) is 11.1. The molecule has 2 heteroatoms. The zero-order chi connectivity index (χ0) is 12.1. The number of para-hydroxylation sites is 1. The van der Waals surface area contributed by atoms with Gasteiger partial charge in [0.25, 0.3) is 0 Å². The summed E-state index contributed by atoms with van der Waals surface area (Å²) in [6, 6.07) is 9.28. The van der Waals surface area contributed by atoms with Gasteiger partial charge in [0.15, 0.2) is 0 Å². The van der Waals surface area contributed by atoms with Crippen LogP contribution in [0.4, 0.5) is 5.69 Å². The Morgan fingerprint density at radius 2 is 1.94 bits per heavy atom. The summed E-state index contributed by atoms with van der Waals surface area (Å²) in [6.07, 6.45) is 3.89. The Kier molecular flexibility index (Phi) is 4.43. The molecular weight excluding hydrogens is 208 g/mol. The lowest BCUT2D eigenvalue weighted by Crippen LogP contribution is -2.21. The van der Waals surface area contributed by atoms with Gasteiger partial charge in [-0.05, 0) is 50.9 Å². The van der Waals surface area contributed by atoms with Crippen LogP contribution in [0.15, 0.2) is 24.3 Å². The van der Waals surface area contributed by atoms with Gasteiger partial charge in [-0.3, -0.25) is 4.90 Å². The van der Waals surface area contributed by atoms with Crippen LogP contribution in [-0.2, 0) is 6.54 Å². The minimum Gasteiger partial charge on any atom is -0.382 e. The van der Waals surface area contributed by atoms with Gasteiger partial charge in [-0.25, -0.2) is 0 Å². The standard InChI is InChI=1S/C15H24N2/c1-3-13(2)16-15-9-5-4-8-14(15)12-17-10-6-7-11-17/h4-5,8-9,13,16H,3,6-7,10-12H2,1-2H3. The van der Waals surface area contributed by atoms with Crippen LogP contribution in [-0.4, -0.2) is 24.0 Å². The highest BCUT2D eigenvalue weighted by Crippen LogP contribution is 2.20. The minimum atomic E-state index is 0.551. The predicted molar refractivity (Wildman–Crippen MR) is 74.3 cm³/mol. The van der Waals surface area contributed by atoms with E-state index in [0.29, 0.717) is 6.04 Å². The van der Waals surface area contributed by atoms with Crippen molar-refractivity contribution in [1.29, 1.82) is 0 Å². The maximum Gasteiger partial charge on any atom is 0.0387 e. The third kappa shape index (κ3) is 3.47. The third-order valence-corrected chi connectivity index (χ3v) is 3.62. The second-order valence-corrected chi connectivity index (χ2v) is 5.09. The summed E-state index contributed by atoms with van der Waals surface area (Å²) in [4.78, 5) is 2.55. The summed E-state index contributed by atoms with van der Waals surface area (Å²) in [5.74, 6) is 0. The normalized spacial score (nSPS) is 18.2. The first kappa shape index (κ1) is 12.4. The number of nitrogens with one attached hydrogen (secondary N) is 1. The quantitative estimate of drug-likeness (QED) is 0.836. The van der Waals surface area contributed by atoms with Crippen LogP contribution in [0.25, 0.3) is 0 Å². The van der Waals surface area contributed by atoms with Gasteiger partial charge in [0.05, 0.1) is 0 Å². The number of anilines is 1. The van der Waals surface area contributed by atoms with Crippen molar-refractivity contribution in [2.75, 3.05) is 18.4 Å². The molecule has 1 saturated heterocycles. The van der Waals surface area contributed by atoms with Crippen molar-refractivity contribution in [3.63, 3.8) is 0 Å². The molecule has 1 N–H and O–H groups in total. The SMILES string of the molecule is CCC(C)Nc1ccccc1CN1CCCC1. The highest BCUT2D eigenvalue weighted by molar-refractivity contribution is 5.51. The van der Waals surface area contributed by atoms with Crippen LogP contribution in [0.3, 0.4) is 0 Å². The first-order valence-corrected chi connectivity index (χ1v) is 6.86. The lowest BCUT2D eigenvalue weighted by molar-refractivity contribution is 0.332. The summed E-state index contributed by atoms with van der Waals surface area (Å²) < 4.78 is 0. The number of benzene rings is 1. The van der Waals surface area contributed by atoms with Gasteiger partial charge < -0.3 is 5.32 Å². The van der Waals surface area contributed by atoms with E-state index in [1.165, 1.54) is 37.2 Å². The van der Waals surface area contributed by atoms with E-state index >= 15 is 0 Å². The molecule has 0 amide bonds. The van der Waals surface area contributed by atoms with Crippen molar-refractivity contribution in [3.8, 4) is 0 Å². The number of hydrogen-bond acceptors (Lipinski definition) is 2. The number of rotatable bonds is 5. The monoisotopic (exact) mass is 232 g/mol. The fraction of sp³-hybridized carbons (Fsp3) is 0.600. The molecule has 0 aliphatic carbocycles. The average molecular weight is 232 g/mol. The van der Waals surface area contributed by atoms with Gasteiger partial charge >= 0.3 is 0 Å². The minimum absolute atomic E-state index is 0.551. The topological polar surface area (TPSA) is 15.3 Å². The molecule has 0 spiro atoms. The Balaban J connectivity index is 2.04. The maximum atomic E-state index is 3.61. The van der Waals surface area contributed by atoms with Crippen LogP contribution in [0.1, 0.15) is 38.7 Å². The smallest absolute Gasteiger partial charge is 0.0387 e. The van der Waals surface area contributed by atoms with Crippen molar-refractivity contribution in [1.82, 2.24) is 4.90 Å². The Morgan fingerprint density at radius 1 is 1.24 bits per heavy atom. The van der Waals surface area contributed by atoms with Crippen molar-refractivity contribution in [2.45, 2.75) is 45.7 Å². The predicted octanol–water partition coefficient (Wildman–Crippen LogP) is 3.49. The van der Waals surface area contributed by atoms with E-state index < -0.39 is 0 Å². The second-order valence-electron chi connectivity index (χ2n) is 5.09. The molecule has 17 heavy (non-hydrogen) atoms. The van der Waals surface area contributed by atoms with E-state index in [-0.39, 0.29) is 0 Å². The van der Waals surface area contributed by atoms with Crippen LogP contribution >= 0.6 is 0 Å². The van der Waals surface area contributed by atoms with Crippen molar-refractivity contribution < 1.29 is 0 Å². The molecule has 1 atom stereocenters. The number of hydrogen-bond donors (Lipinski definition) is 1. The second kappa shape index (κ2) is 6.06. The molecule has 1 aliphatic heterocycles. The molecule has 2 nitrogen and oxygen atoms in total. The van der Waals surface area contributed by atoms with Crippen molar-refractivity contribution in [2.24, 2.45) is 0 Å². The van der Waals surface area contributed by atoms with E-state index in [9.17, 15) is 0 Å². The average Bonchev–Trinajstić information content (AvgIpc) is 2.84. The van der Waals surface area contributed by atoms with Crippen molar-refractivity contribution in [3.05, 3.63) is 29.8 Å². The first-order valence-electron chi connectivity index (χ1n) is 6.86. The van der Waals surface area contributed by atoms with Crippen molar-refractivity contribution >= 4 is 5.69 Å². The molecule has 0 aromatic heterocycles. The molecule has 0 radical (unpaired) electrons. The fourth-order valence-corrected chi connectivity index (χ4v) is 2.35. The van der Waals surface area contributed by atoms with E-state index in [0.717, 1.165) is 13.0 Å². The molecule has 0 saturated carbocycles. The highest BCUT2D eigenvalue weighted by Gasteiger charge is 2.13. The van der Waals surface area contributed by atoms with Gasteiger partial charge in [0.2, 0.25) is 0 Å². The molecule has 0 bridgehead atoms. The molecule has 1 aromatic rings. The zero-order valence-corrected chi connectivity index (χ0v) is 11.1. The summed E-state index contributed by atoms with van der Waals surface area (Å²) in [5.41, 5.74) is 2.75. The third-order valence-electron chi connectivity index (χ3n) is 3.62. The molecular formula is C15H24N2. The summed E-state index contributed by atoms with van der Waals surface area (Å²) >= 11 is 0. The van der Waals surface area contributed by atoms with Crippen LogP contribution < -0.4 is 5.32 Å². The van der Waals surface area contributed by atoms with E-state index in [1.807, 2.05) is 0 Å². The fourth-order valence-electron chi connectivity index (χ4n) is 2.35. The van der Waals surface area contributed by atoms with Gasteiger partial charge in [-0.2, -0.15) is 0 Å². The van der Waals surface area contributed by atoms with Gasteiger partial charge in [0.1, 0.15) is 0 Å². The largest absolute Gasteiger partial charge is 0.382 e. The Hall–Kier alpha value is -1.02. The first-order chi connectivity index (χ1) is 8.29. The number of nitrogens with zero attached hydrogens (tertiary/aromatic N) is 1. The molecule has 1 unspecified atom stereocenters. The lowest BCUT2D eigenvalue weighted by atomic mass is 10.1. The Bertz CT molecular complexity index is 343. The van der Waals surface area contributed by atoms with E-state index in [2.05, 4.69) is 48.3 Å². The summed E-state index contributed by atoms with van der Waals surface area (Å²) in [6.45, 7) is 8.09. The van der Waals surface area contributed by atoms with E-state index in [1.54, 1.807) is 0 Å². The molecule has 1 fully saturated rings. The lowest BCUT2D eigenvalue weighted by Gasteiger charge is -2.20.